The average molecular weight is 244 g/mol. The second-order valence-electron chi connectivity index (χ2n) is 3.94. The van der Waals surface area contributed by atoms with Gasteiger partial charge in [0.05, 0.1) is 13.2 Å². The van der Waals surface area contributed by atoms with Crippen LogP contribution >= 0.6 is 0 Å². The molecule has 8 heteroatoms. The summed E-state index contributed by atoms with van der Waals surface area (Å²) in [5.74, 6) is -1.57. The molecule has 0 bridgehead atoms. The summed E-state index contributed by atoms with van der Waals surface area (Å²) < 4.78 is 5.21. The first kappa shape index (κ1) is 12.2. The van der Waals surface area contributed by atoms with Crippen molar-refractivity contribution in [2.24, 2.45) is 0 Å². The maximum Gasteiger partial charge on any atom is 0.323 e. The predicted octanol–water partition coefficient (Wildman–Crippen LogP) is -2.94. The Morgan fingerprint density at radius 1 is 1.24 bits per heavy atom. The topological polar surface area (TPSA) is 94.1 Å². The highest BCUT2D eigenvalue weighted by Gasteiger charge is 2.30. The smallest absolute Gasteiger partial charge is 0.323 e. The van der Waals surface area contributed by atoms with Crippen LogP contribution in [0.15, 0.2) is 0 Å². The van der Waals surface area contributed by atoms with Gasteiger partial charge in [-0.25, -0.2) is 0 Å². The van der Waals surface area contributed by atoms with Gasteiger partial charge >= 0.3 is 11.8 Å². The Morgan fingerprint density at radius 2 is 1.94 bits per heavy atom. The van der Waals surface area contributed by atoms with Crippen molar-refractivity contribution in [2.75, 3.05) is 39.4 Å². The summed E-state index contributed by atoms with van der Waals surface area (Å²) >= 11 is 0. The second kappa shape index (κ2) is 5.41. The fourth-order valence-corrected chi connectivity index (χ4v) is 1.76. The first-order chi connectivity index (χ1) is 8.16. The SMILES string of the molecule is O=C1NC(O)N(CCN2CCOCC2)NC1=O. The number of rotatable bonds is 3. The minimum absolute atomic E-state index is 0.438. The van der Waals surface area contributed by atoms with Crippen molar-refractivity contribution in [3.8, 4) is 0 Å². The third kappa shape index (κ3) is 3.13. The number of hydrogen-bond donors (Lipinski definition) is 3. The Hall–Kier alpha value is -1.22. The van der Waals surface area contributed by atoms with Gasteiger partial charge < -0.3 is 15.2 Å². The fourth-order valence-electron chi connectivity index (χ4n) is 1.76. The van der Waals surface area contributed by atoms with E-state index in [9.17, 15) is 14.7 Å². The van der Waals surface area contributed by atoms with Crippen molar-refractivity contribution in [3.63, 3.8) is 0 Å². The molecule has 2 saturated heterocycles. The molecule has 2 rings (SSSR count). The van der Waals surface area contributed by atoms with Crippen molar-refractivity contribution in [1.29, 1.82) is 0 Å². The lowest BCUT2D eigenvalue weighted by Gasteiger charge is -2.34. The molecule has 2 amide bonds. The van der Waals surface area contributed by atoms with E-state index in [1.165, 1.54) is 5.01 Å². The highest BCUT2D eigenvalue weighted by Crippen LogP contribution is 1.99. The van der Waals surface area contributed by atoms with Gasteiger partial charge in [0.2, 0.25) is 6.35 Å². The average Bonchev–Trinajstić information content (AvgIpc) is 2.33. The zero-order valence-electron chi connectivity index (χ0n) is 9.39. The van der Waals surface area contributed by atoms with E-state index in [1.54, 1.807) is 0 Å². The van der Waals surface area contributed by atoms with E-state index in [0.717, 1.165) is 13.1 Å². The lowest BCUT2D eigenvalue weighted by atomic mass is 10.4. The van der Waals surface area contributed by atoms with Crippen molar-refractivity contribution in [2.45, 2.75) is 6.35 Å². The van der Waals surface area contributed by atoms with Gasteiger partial charge in [-0.1, -0.05) is 0 Å². The van der Waals surface area contributed by atoms with Gasteiger partial charge in [0, 0.05) is 26.2 Å². The monoisotopic (exact) mass is 244 g/mol. The minimum atomic E-state index is -1.17. The first-order valence-electron chi connectivity index (χ1n) is 5.53. The maximum atomic E-state index is 11.1. The molecule has 1 atom stereocenters. The van der Waals surface area contributed by atoms with Crippen LogP contribution in [0.25, 0.3) is 0 Å². The molecule has 8 nitrogen and oxygen atoms in total. The van der Waals surface area contributed by atoms with Gasteiger partial charge in [-0.15, -0.1) is 0 Å². The molecular formula is C9H16N4O4. The maximum absolute atomic E-state index is 11.1. The summed E-state index contributed by atoms with van der Waals surface area (Å²) in [6.07, 6.45) is -1.17. The molecule has 0 radical (unpaired) electrons. The zero-order valence-corrected chi connectivity index (χ0v) is 9.39. The molecule has 0 spiro atoms. The number of nitrogens with zero attached hydrogens (tertiary/aromatic N) is 2. The van der Waals surface area contributed by atoms with Crippen LogP contribution < -0.4 is 10.7 Å². The number of carbonyl (C=O) groups is 2. The highest BCUT2D eigenvalue weighted by molar-refractivity contribution is 6.35. The van der Waals surface area contributed by atoms with E-state index in [-0.39, 0.29) is 0 Å². The number of nitrogens with one attached hydrogen (secondary N) is 2. The first-order valence-corrected chi connectivity index (χ1v) is 5.53. The summed E-state index contributed by atoms with van der Waals surface area (Å²) in [6, 6.07) is 0. The lowest BCUT2D eigenvalue weighted by molar-refractivity contribution is -0.161. The van der Waals surface area contributed by atoms with Crippen LogP contribution in [-0.2, 0) is 14.3 Å². The van der Waals surface area contributed by atoms with E-state index in [0.29, 0.717) is 26.3 Å². The van der Waals surface area contributed by atoms with Crippen LogP contribution in [0.1, 0.15) is 0 Å². The van der Waals surface area contributed by atoms with E-state index in [2.05, 4.69) is 15.6 Å². The van der Waals surface area contributed by atoms with E-state index >= 15 is 0 Å². The molecule has 0 aromatic carbocycles. The van der Waals surface area contributed by atoms with Crippen LogP contribution in [0.5, 0.6) is 0 Å². The number of ether oxygens (including phenoxy) is 1. The molecule has 96 valence electrons. The van der Waals surface area contributed by atoms with Crippen molar-refractivity contribution >= 4 is 11.8 Å². The summed E-state index contributed by atoms with van der Waals surface area (Å²) in [5.41, 5.74) is 2.33. The van der Waals surface area contributed by atoms with Gasteiger partial charge in [-0.05, 0) is 0 Å². The van der Waals surface area contributed by atoms with Gasteiger partial charge in [0.25, 0.3) is 0 Å². The van der Waals surface area contributed by atoms with Gasteiger partial charge in [-0.3, -0.25) is 19.9 Å². The third-order valence-electron chi connectivity index (χ3n) is 2.77. The normalized spacial score (nSPS) is 27.7. The van der Waals surface area contributed by atoms with Crippen LogP contribution in [0, 0.1) is 0 Å². The Labute approximate surface area is 98.5 Å². The van der Waals surface area contributed by atoms with E-state index < -0.39 is 18.2 Å². The number of carbonyl (C=O) groups excluding carboxylic acids is 2. The third-order valence-corrected chi connectivity index (χ3v) is 2.77. The number of hydrogen-bond acceptors (Lipinski definition) is 6. The number of morpholine rings is 1. The molecule has 17 heavy (non-hydrogen) atoms. The second-order valence-corrected chi connectivity index (χ2v) is 3.94. The molecule has 0 aromatic rings. The van der Waals surface area contributed by atoms with Crippen LogP contribution in [0.2, 0.25) is 0 Å². The van der Waals surface area contributed by atoms with Gasteiger partial charge in [0.1, 0.15) is 0 Å². The number of amides is 2. The fraction of sp³-hybridized carbons (Fsp3) is 0.778. The largest absolute Gasteiger partial charge is 0.379 e. The molecule has 0 aliphatic carbocycles. The quantitative estimate of drug-likeness (QED) is 0.460. The number of aliphatic hydroxyl groups is 1. The van der Waals surface area contributed by atoms with E-state index in [4.69, 9.17) is 4.74 Å². The Kier molecular flexibility index (Phi) is 3.89. The molecule has 2 aliphatic heterocycles. The summed E-state index contributed by atoms with van der Waals surface area (Å²) in [4.78, 5) is 24.2. The van der Waals surface area contributed by atoms with Gasteiger partial charge in [-0.2, -0.15) is 5.01 Å². The zero-order chi connectivity index (χ0) is 12.3. The molecule has 0 aromatic heterocycles. The van der Waals surface area contributed by atoms with Gasteiger partial charge in [0.15, 0.2) is 0 Å². The Balaban J connectivity index is 1.77. The molecule has 2 heterocycles. The Morgan fingerprint density at radius 3 is 2.65 bits per heavy atom. The Bertz CT molecular complexity index is 305. The summed E-state index contributed by atoms with van der Waals surface area (Å²) in [7, 11) is 0. The molecule has 1 unspecified atom stereocenters. The summed E-state index contributed by atoms with van der Waals surface area (Å²) in [5, 5.41) is 13.0. The minimum Gasteiger partial charge on any atom is -0.379 e. The standard InChI is InChI=1S/C9H16N4O4/c14-7-8(15)11-13(9(16)10-7)2-1-12-3-5-17-6-4-12/h9,16H,1-6H2,(H,10,14)(H,11,15). The lowest BCUT2D eigenvalue weighted by Crippen LogP contribution is -2.66. The van der Waals surface area contributed by atoms with Crippen molar-refractivity contribution < 1.29 is 19.4 Å². The van der Waals surface area contributed by atoms with E-state index in [1.807, 2.05) is 0 Å². The number of aliphatic hydroxyl groups excluding tert-OH is 1. The molecule has 2 aliphatic rings. The van der Waals surface area contributed by atoms with Crippen LogP contribution in [0.4, 0.5) is 0 Å². The molecular weight excluding hydrogens is 228 g/mol. The number of hydrazine groups is 1. The predicted molar refractivity (Wildman–Crippen MR) is 56.3 cm³/mol. The molecule has 2 fully saturated rings. The highest BCUT2D eigenvalue weighted by atomic mass is 16.5. The molecule has 0 saturated carbocycles. The van der Waals surface area contributed by atoms with Crippen molar-refractivity contribution in [3.05, 3.63) is 0 Å². The van der Waals surface area contributed by atoms with Crippen molar-refractivity contribution in [1.82, 2.24) is 20.7 Å². The summed E-state index contributed by atoms with van der Waals surface area (Å²) in [6.45, 7) is 4.20. The molecule has 3 N–H and O–H groups in total. The van der Waals surface area contributed by atoms with Crippen LogP contribution in [0.3, 0.4) is 0 Å². The van der Waals surface area contributed by atoms with Crippen LogP contribution in [-0.4, -0.2) is 72.6 Å².